The summed E-state index contributed by atoms with van der Waals surface area (Å²) in [7, 11) is 0. The van der Waals surface area contributed by atoms with Crippen molar-refractivity contribution in [1.29, 1.82) is 5.41 Å². The lowest BCUT2D eigenvalue weighted by molar-refractivity contribution is 0.403. The van der Waals surface area contributed by atoms with Gasteiger partial charge in [-0.1, -0.05) is 44.7 Å². The van der Waals surface area contributed by atoms with Crippen molar-refractivity contribution in [3.63, 3.8) is 0 Å². The van der Waals surface area contributed by atoms with E-state index in [1.807, 2.05) is 26.0 Å². The van der Waals surface area contributed by atoms with Crippen LogP contribution in [0.4, 0.5) is 11.6 Å². The highest BCUT2D eigenvalue weighted by Crippen LogP contribution is 2.34. The lowest BCUT2D eigenvalue weighted by atomic mass is 9.97. The Morgan fingerprint density at radius 3 is 2.57 bits per heavy atom. The summed E-state index contributed by atoms with van der Waals surface area (Å²) in [5, 5.41) is 11.3. The van der Waals surface area contributed by atoms with Crippen LogP contribution >= 0.6 is 0 Å². The summed E-state index contributed by atoms with van der Waals surface area (Å²) >= 11 is 0. The summed E-state index contributed by atoms with van der Waals surface area (Å²) in [6, 6.07) is 8.51. The number of rotatable bonds is 5. The number of nitrogens with two attached hydrogens (primary N) is 1. The number of nitrogen functional groups attached to an aromatic ring is 1. The van der Waals surface area contributed by atoms with Crippen LogP contribution in [0, 0.1) is 5.41 Å². The minimum Gasteiger partial charge on any atom is -0.383 e. The van der Waals surface area contributed by atoms with E-state index in [0.29, 0.717) is 29.5 Å². The molecule has 3 rings (SSSR count). The highest BCUT2D eigenvalue weighted by Gasteiger charge is 2.24. The molecule has 2 heterocycles. The van der Waals surface area contributed by atoms with Gasteiger partial charge in [0.1, 0.15) is 18.0 Å². The standard InChI is InChI=1S/C20H24N6.C2H6/c1-12(2)26-14(4)17-8-6-5-7-15(17)9-16(26)10-23-20-18(13(3)21)19(22)24-11-25-20;1-2/h5-9,11-12,21H,4,10H2,1-3H3,(H3,22,23,24,25);1-2H3. The Bertz CT molecular complexity index is 898. The van der Waals surface area contributed by atoms with E-state index in [9.17, 15) is 0 Å². The smallest absolute Gasteiger partial charge is 0.140 e. The Balaban J connectivity index is 0.00000136. The van der Waals surface area contributed by atoms with E-state index in [0.717, 1.165) is 22.5 Å². The second-order valence-electron chi connectivity index (χ2n) is 6.59. The van der Waals surface area contributed by atoms with Crippen LogP contribution in [0.25, 0.3) is 11.8 Å². The van der Waals surface area contributed by atoms with Gasteiger partial charge in [-0.15, -0.1) is 0 Å². The van der Waals surface area contributed by atoms with Crippen molar-refractivity contribution in [2.45, 2.75) is 40.7 Å². The molecule has 6 heteroatoms. The minimum absolute atomic E-state index is 0.267. The Morgan fingerprint density at radius 1 is 1.25 bits per heavy atom. The Morgan fingerprint density at radius 2 is 1.93 bits per heavy atom. The first-order valence-corrected chi connectivity index (χ1v) is 9.58. The third-order valence-electron chi connectivity index (χ3n) is 4.40. The molecule has 1 aliphatic rings. The molecule has 1 aromatic heterocycles. The molecule has 4 N–H and O–H groups in total. The van der Waals surface area contributed by atoms with Gasteiger partial charge in [-0.3, -0.25) is 0 Å². The van der Waals surface area contributed by atoms with E-state index in [2.05, 4.69) is 58.8 Å². The van der Waals surface area contributed by atoms with Gasteiger partial charge >= 0.3 is 0 Å². The molecular formula is C22H30N6. The summed E-state index contributed by atoms with van der Waals surface area (Å²) in [5.41, 5.74) is 11.2. The first kappa shape index (κ1) is 21.2. The molecule has 2 aromatic rings. The van der Waals surface area contributed by atoms with Gasteiger partial charge in [0.2, 0.25) is 0 Å². The molecule has 0 atom stereocenters. The first-order valence-electron chi connectivity index (χ1n) is 9.58. The van der Waals surface area contributed by atoms with Crippen molar-refractivity contribution in [3.8, 4) is 0 Å². The highest BCUT2D eigenvalue weighted by atomic mass is 15.2. The van der Waals surface area contributed by atoms with E-state index in [4.69, 9.17) is 11.1 Å². The molecule has 0 spiro atoms. The van der Waals surface area contributed by atoms with Crippen LogP contribution in [0.1, 0.15) is 51.3 Å². The number of anilines is 2. The molecule has 1 aliphatic heterocycles. The maximum absolute atomic E-state index is 7.94. The van der Waals surface area contributed by atoms with Crippen molar-refractivity contribution >= 4 is 29.1 Å². The largest absolute Gasteiger partial charge is 0.383 e. The molecule has 0 saturated heterocycles. The minimum atomic E-state index is 0.267. The summed E-state index contributed by atoms with van der Waals surface area (Å²) in [6.45, 7) is 14.8. The second kappa shape index (κ2) is 9.17. The third kappa shape index (κ3) is 4.22. The Hall–Kier alpha value is -3.15. The van der Waals surface area contributed by atoms with Gasteiger partial charge in [0, 0.05) is 28.7 Å². The van der Waals surface area contributed by atoms with Crippen LogP contribution in [0.5, 0.6) is 0 Å². The van der Waals surface area contributed by atoms with Gasteiger partial charge in [-0.2, -0.15) is 0 Å². The predicted octanol–water partition coefficient (Wildman–Crippen LogP) is 4.62. The van der Waals surface area contributed by atoms with E-state index in [-0.39, 0.29) is 6.04 Å². The molecule has 6 nitrogen and oxygen atoms in total. The molecule has 0 bridgehead atoms. The van der Waals surface area contributed by atoms with Gasteiger partial charge in [0.15, 0.2) is 0 Å². The van der Waals surface area contributed by atoms with Gasteiger partial charge in [-0.25, -0.2) is 9.97 Å². The van der Waals surface area contributed by atoms with Gasteiger partial charge in [0.05, 0.1) is 12.1 Å². The van der Waals surface area contributed by atoms with Crippen LogP contribution in [0.2, 0.25) is 0 Å². The van der Waals surface area contributed by atoms with E-state index in [1.54, 1.807) is 6.92 Å². The van der Waals surface area contributed by atoms with Crippen LogP contribution in [-0.2, 0) is 0 Å². The number of benzene rings is 1. The predicted molar refractivity (Wildman–Crippen MR) is 119 cm³/mol. The lowest BCUT2D eigenvalue weighted by Crippen LogP contribution is -2.33. The molecule has 0 unspecified atom stereocenters. The van der Waals surface area contributed by atoms with Crippen molar-refractivity contribution < 1.29 is 0 Å². The van der Waals surface area contributed by atoms with Gasteiger partial charge in [-0.05, 0) is 32.4 Å². The lowest BCUT2D eigenvalue weighted by Gasteiger charge is -2.37. The van der Waals surface area contributed by atoms with Gasteiger partial charge < -0.3 is 21.4 Å². The number of aromatic nitrogens is 2. The molecule has 148 valence electrons. The molecule has 28 heavy (non-hydrogen) atoms. The molecule has 0 radical (unpaired) electrons. The van der Waals surface area contributed by atoms with E-state index in [1.165, 1.54) is 6.33 Å². The summed E-state index contributed by atoms with van der Waals surface area (Å²) in [6.07, 6.45) is 3.58. The molecule has 0 fully saturated rings. The van der Waals surface area contributed by atoms with Crippen LogP contribution < -0.4 is 11.1 Å². The number of hydrogen-bond donors (Lipinski definition) is 3. The fraction of sp³-hybridized carbons (Fsp3) is 0.318. The van der Waals surface area contributed by atoms with Crippen LogP contribution in [0.15, 0.2) is 42.9 Å². The summed E-state index contributed by atoms with van der Waals surface area (Å²) in [4.78, 5) is 10.5. The maximum atomic E-state index is 7.94. The topological polar surface area (TPSA) is 90.9 Å². The van der Waals surface area contributed by atoms with Crippen LogP contribution in [0.3, 0.4) is 0 Å². The van der Waals surface area contributed by atoms with Crippen molar-refractivity contribution in [2.75, 3.05) is 17.6 Å². The number of hydrogen-bond acceptors (Lipinski definition) is 6. The zero-order chi connectivity index (χ0) is 20.8. The molecular weight excluding hydrogens is 348 g/mol. The zero-order valence-electron chi connectivity index (χ0n) is 17.4. The number of nitrogens with zero attached hydrogens (tertiary/aromatic N) is 3. The Kier molecular flexibility index (Phi) is 6.93. The molecule has 0 aliphatic carbocycles. The molecule has 0 saturated carbocycles. The van der Waals surface area contributed by atoms with Gasteiger partial charge in [0.25, 0.3) is 0 Å². The molecule has 1 aromatic carbocycles. The molecule has 0 amide bonds. The number of nitrogens with one attached hydrogen (secondary N) is 2. The van der Waals surface area contributed by atoms with Crippen molar-refractivity contribution in [2.24, 2.45) is 0 Å². The monoisotopic (exact) mass is 378 g/mol. The average Bonchev–Trinajstić information content (AvgIpc) is 2.67. The van der Waals surface area contributed by atoms with E-state index < -0.39 is 0 Å². The fourth-order valence-corrected chi connectivity index (χ4v) is 3.29. The number of fused-ring (bicyclic) bond motifs is 1. The summed E-state index contributed by atoms with van der Waals surface area (Å²) < 4.78 is 0. The SMILES string of the molecule is C=C1c2ccccc2C=C(CNc2ncnc(N)c2C(C)=N)N1C(C)C.CC. The Labute approximate surface area is 167 Å². The fourth-order valence-electron chi connectivity index (χ4n) is 3.29. The quantitative estimate of drug-likeness (QED) is 0.660. The first-order chi connectivity index (χ1) is 13.4. The second-order valence-corrected chi connectivity index (χ2v) is 6.59. The highest BCUT2D eigenvalue weighted by molar-refractivity contribution is 6.04. The third-order valence-corrected chi connectivity index (χ3v) is 4.40. The van der Waals surface area contributed by atoms with Crippen molar-refractivity contribution in [3.05, 3.63) is 59.6 Å². The van der Waals surface area contributed by atoms with E-state index >= 15 is 0 Å². The van der Waals surface area contributed by atoms with Crippen LogP contribution in [-0.4, -0.2) is 33.2 Å². The normalized spacial score (nSPS) is 12.7. The average molecular weight is 379 g/mol. The zero-order valence-corrected chi connectivity index (χ0v) is 17.4. The van der Waals surface area contributed by atoms with Crippen molar-refractivity contribution in [1.82, 2.24) is 14.9 Å². The maximum Gasteiger partial charge on any atom is 0.140 e. The summed E-state index contributed by atoms with van der Waals surface area (Å²) in [5.74, 6) is 0.877.